The summed E-state index contributed by atoms with van der Waals surface area (Å²) in [6, 6.07) is 12.8. The van der Waals surface area contributed by atoms with Crippen LogP contribution in [0, 0.1) is 35.0 Å². The Morgan fingerprint density at radius 3 is 2.00 bits per heavy atom. The first-order chi connectivity index (χ1) is 9.35. The number of nitriles is 1. The largest absolute Gasteiger partial charge is 0.192 e. The molecule has 0 aliphatic heterocycles. The summed E-state index contributed by atoms with van der Waals surface area (Å²) in [5, 5.41) is 9.66. The maximum absolute atomic E-state index is 9.66. The van der Waals surface area contributed by atoms with Crippen LogP contribution in [0.5, 0.6) is 0 Å². The zero-order valence-corrected chi connectivity index (χ0v) is 11.2. The fourth-order valence-corrected chi connectivity index (χ4v) is 5.00. The third-order valence-corrected chi connectivity index (χ3v) is 5.48. The standard InChI is InChI=1S/C18H19N/c19-11-17(14-4-2-1-3-5-14)18-15-7-12-6-13(9-15)10-16(18)8-12/h1-5,12-13,15-16H,6-10H2. The van der Waals surface area contributed by atoms with Crippen molar-refractivity contribution in [1.82, 2.24) is 0 Å². The molecule has 0 atom stereocenters. The summed E-state index contributed by atoms with van der Waals surface area (Å²) in [5.74, 6) is 3.35. The average Bonchev–Trinajstić information content (AvgIpc) is 2.43. The van der Waals surface area contributed by atoms with Crippen molar-refractivity contribution in [2.24, 2.45) is 23.7 Å². The summed E-state index contributed by atoms with van der Waals surface area (Å²) in [7, 11) is 0. The van der Waals surface area contributed by atoms with Crippen LogP contribution in [0.3, 0.4) is 0 Å². The SMILES string of the molecule is N#CC(=C1C2CC3CC(C2)CC1C3)c1ccccc1. The van der Waals surface area contributed by atoms with Crippen LogP contribution >= 0.6 is 0 Å². The molecule has 4 saturated carbocycles. The van der Waals surface area contributed by atoms with Gasteiger partial charge in [-0.15, -0.1) is 0 Å². The lowest BCUT2D eigenvalue weighted by atomic mass is 9.53. The lowest BCUT2D eigenvalue weighted by molar-refractivity contribution is 0.0706. The van der Waals surface area contributed by atoms with Gasteiger partial charge in [0.2, 0.25) is 0 Å². The fourth-order valence-electron chi connectivity index (χ4n) is 5.00. The van der Waals surface area contributed by atoms with Crippen molar-refractivity contribution in [2.75, 3.05) is 0 Å². The van der Waals surface area contributed by atoms with Crippen molar-refractivity contribution >= 4 is 5.57 Å². The number of benzene rings is 1. The van der Waals surface area contributed by atoms with Gasteiger partial charge in [-0.3, -0.25) is 0 Å². The Hall–Kier alpha value is -1.55. The fraction of sp³-hybridized carbons (Fsp3) is 0.500. The number of allylic oxidation sites excluding steroid dienone is 2. The van der Waals surface area contributed by atoms with Gasteiger partial charge in [-0.25, -0.2) is 0 Å². The molecule has 0 amide bonds. The minimum atomic E-state index is 0.714. The zero-order valence-electron chi connectivity index (χ0n) is 11.2. The van der Waals surface area contributed by atoms with E-state index < -0.39 is 0 Å². The van der Waals surface area contributed by atoms with Gasteiger partial charge < -0.3 is 0 Å². The predicted octanol–water partition coefficient (Wildman–Crippen LogP) is 4.42. The number of rotatable bonds is 1. The third kappa shape index (κ3) is 1.74. The average molecular weight is 249 g/mol. The van der Waals surface area contributed by atoms with Crippen LogP contribution in [0.4, 0.5) is 0 Å². The number of nitrogens with zero attached hydrogens (tertiary/aromatic N) is 1. The van der Waals surface area contributed by atoms with E-state index >= 15 is 0 Å². The Morgan fingerprint density at radius 1 is 0.895 bits per heavy atom. The first-order valence-corrected chi connectivity index (χ1v) is 7.54. The molecule has 0 spiro atoms. The van der Waals surface area contributed by atoms with E-state index in [2.05, 4.69) is 18.2 Å². The van der Waals surface area contributed by atoms with Crippen molar-refractivity contribution in [2.45, 2.75) is 32.1 Å². The molecule has 1 aromatic rings. The Labute approximate surface area is 114 Å². The molecule has 0 unspecified atom stereocenters. The highest BCUT2D eigenvalue weighted by molar-refractivity contribution is 5.80. The second-order valence-electron chi connectivity index (χ2n) is 6.61. The van der Waals surface area contributed by atoms with Gasteiger partial charge in [0.05, 0.1) is 11.6 Å². The van der Waals surface area contributed by atoms with Gasteiger partial charge in [-0.1, -0.05) is 30.3 Å². The van der Waals surface area contributed by atoms with E-state index in [-0.39, 0.29) is 0 Å². The molecule has 0 radical (unpaired) electrons. The molecule has 96 valence electrons. The molecule has 0 N–H and O–H groups in total. The van der Waals surface area contributed by atoms with E-state index in [0.717, 1.165) is 23.0 Å². The van der Waals surface area contributed by atoms with Crippen LogP contribution < -0.4 is 0 Å². The number of hydrogen-bond acceptors (Lipinski definition) is 1. The molecule has 0 saturated heterocycles. The van der Waals surface area contributed by atoms with Crippen molar-refractivity contribution in [3.05, 3.63) is 41.5 Å². The molecule has 1 aromatic carbocycles. The van der Waals surface area contributed by atoms with E-state index in [1.165, 1.54) is 37.7 Å². The molecule has 4 aliphatic carbocycles. The molecule has 1 heteroatoms. The van der Waals surface area contributed by atoms with Crippen molar-refractivity contribution in [3.8, 4) is 6.07 Å². The van der Waals surface area contributed by atoms with E-state index in [9.17, 15) is 5.26 Å². The van der Waals surface area contributed by atoms with Crippen molar-refractivity contribution in [1.29, 1.82) is 5.26 Å². The van der Waals surface area contributed by atoms with Crippen molar-refractivity contribution in [3.63, 3.8) is 0 Å². The normalized spacial score (nSPS) is 35.2. The van der Waals surface area contributed by atoms with Crippen LogP contribution in [0.2, 0.25) is 0 Å². The predicted molar refractivity (Wildman–Crippen MR) is 76.0 cm³/mol. The topological polar surface area (TPSA) is 23.8 Å². The van der Waals surface area contributed by atoms with Crippen LogP contribution in [0.25, 0.3) is 5.57 Å². The summed E-state index contributed by atoms with van der Waals surface area (Å²) in [5.41, 5.74) is 3.64. The Bertz CT molecular complexity index is 531. The molecular formula is C18H19N. The molecule has 4 aliphatic rings. The second kappa shape index (κ2) is 4.23. The highest BCUT2D eigenvalue weighted by Crippen LogP contribution is 2.57. The van der Waals surface area contributed by atoms with E-state index in [4.69, 9.17) is 0 Å². The quantitative estimate of drug-likeness (QED) is 0.676. The highest BCUT2D eigenvalue weighted by atomic mass is 14.5. The summed E-state index contributed by atoms with van der Waals surface area (Å²) in [4.78, 5) is 0. The van der Waals surface area contributed by atoms with Gasteiger partial charge in [0, 0.05) is 0 Å². The van der Waals surface area contributed by atoms with E-state index in [1.54, 1.807) is 0 Å². The van der Waals surface area contributed by atoms with E-state index in [0.29, 0.717) is 11.8 Å². The number of hydrogen-bond donors (Lipinski definition) is 0. The molecule has 19 heavy (non-hydrogen) atoms. The third-order valence-electron chi connectivity index (χ3n) is 5.48. The van der Waals surface area contributed by atoms with Crippen LogP contribution in [-0.2, 0) is 0 Å². The Balaban J connectivity index is 1.81. The molecule has 0 heterocycles. The molecule has 4 fully saturated rings. The summed E-state index contributed by atoms with van der Waals surface area (Å²) < 4.78 is 0. The van der Waals surface area contributed by atoms with E-state index in [1.807, 2.05) is 18.2 Å². The first kappa shape index (κ1) is 11.3. The highest BCUT2D eigenvalue weighted by Gasteiger charge is 2.46. The summed E-state index contributed by atoms with van der Waals surface area (Å²) in [6.07, 6.45) is 6.86. The zero-order chi connectivity index (χ0) is 12.8. The summed E-state index contributed by atoms with van der Waals surface area (Å²) in [6.45, 7) is 0. The van der Waals surface area contributed by atoms with Crippen LogP contribution in [0.15, 0.2) is 35.9 Å². The Morgan fingerprint density at radius 2 is 1.47 bits per heavy atom. The molecular weight excluding hydrogens is 230 g/mol. The van der Waals surface area contributed by atoms with Gasteiger partial charge in [0.15, 0.2) is 0 Å². The van der Waals surface area contributed by atoms with Gasteiger partial charge in [0.25, 0.3) is 0 Å². The molecule has 0 aromatic heterocycles. The summed E-state index contributed by atoms with van der Waals surface area (Å²) >= 11 is 0. The molecule has 4 bridgehead atoms. The van der Waals surface area contributed by atoms with Gasteiger partial charge in [-0.05, 0) is 66.9 Å². The minimum Gasteiger partial charge on any atom is -0.192 e. The maximum atomic E-state index is 9.66. The minimum absolute atomic E-state index is 0.714. The Kier molecular flexibility index (Phi) is 2.52. The molecule has 5 rings (SSSR count). The lowest BCUT2D eigenvalue weighted by Crippen LogP contribution is -2.40. The van der Waals surface area contributed by atoms with Crippen LogP contribution in [-0.4, -0.2) is 0 Å². The monoisotopic (exact) mass is 249 g/mol. The smallest absolute Gasteiger partial charge is 0.0997 e. The lowest BCUT2D eigenvalue weighted by Gasteiger charge is -2.51. The van der Waals surface area contributed by atoms with Gasteiger partial charge in [0.1, 0.15) is 0 Å². The second-order valence-corrected chi connectivity index (χ2v) is 6.61. The van der Waals surface area contributed by atoms with Crippen molar-refractivity contribution < 1.29 is 0 Å². The van der Waals surface area contributed by atoms with Gasteiger partial charge in [-0.2, -0.15) is 5.26 Å². The maximum Gasteiger partial charge on any atom is 0.0997 e. The van der Waals surface area contributed by atoms with Crippen LogP contribution in [0.1, 0.15) is 37.7 Å². The molecule has 1 nitrogen and oxygen atoms in total. The first-order valence-electron chi connectivity index (χ1n) is 7.54. The van der Waals surface area contributed by atoms with Gasteiger partial charge >= 0.3 is 0 Å².